The number of nitrogens with zero attached hydrogens (tertiary/aromatic N) is 2. The number of ether oxygens (including phenoxy) is 1. The van der Waals surface area contributed by atoms with Crippen molar-refractivity contribution in [3.8, 4) is 11.8 Å². The molecule has 1 aliphatic rings. The Labute approximate surface area is 118 Å². The molecule has 1 atom stereocenters. The Morgan fingerprint density at radius 3 is 3.25 bits per heavy atom. The van der Waals surface area contributed by atoms with Gasteiger partial charge in [0, 0.05) is 25.5 Å². The topological polar surface area (TPSA) is 62.7 Å². The Bertz CT molecular complexity index is 533. The Hall–Kier alpha value is -1.90. The van der Waals surface area contributed by atoms with E-state index < -0.39 is 0 Å². The molecular formula is C15H18N2O3. The summed E-state index contributed by atoms with van der Waals surface area (Å²) in [5.41, 5.74) is 1.07. The second kappa shape index (κ2) is 7.04. The number of morpholine rings is 1. The molecule has 1 N–H and O–H groups in total. The van der Waals surface area contributed by atoms with Gasteiger partial charge in [-0.05, 0) is 12.5 Å². The number of amides is 1. The smallest absolute Gasteiger partial charge is 0.255 e. The van der Waals surface area contributed by atoms with Crippen molar-refractivity contribution in [1.82, 2.24) is 9.88 Å². The summed E-state index contributed by atoms with van der Waals surface area (Å²) in [5.74, 6) is 5.26. The van der Waals surface area contributed by atoms with Gasteiger partial charge in [-0.1, -0.05) is 18.8 Å². The summed E-state index contributed by atoms with van der Waals surface area (Å²) in [4.78, 5) is 18.3. The molecule has 5 heteroatoms. The Morgan fingerprint density at radius 1 is 1.65 bits per heavy atom. The third-order valence-corrected chi connectivity index (χ3v) is 3.23. The van der Waals surface area contributed by atoms with Gasteiger partial charge < -0.3 is 14.7 Å². The molecule has 1 aliphatic heterocycles. The van der Waals surface area contributed by atoms with Crippen molar-refractivity contribution in [2.45, 2.75) is 19.4 Å². The van der Waals surface area contributed by atoms with Crippen molar-refractivity contribution in [2.24, 2.45) is 0 Å². The van der Waals surface area contributed by atoms with Crippen LogP contribution in [0.5, 0.6) is 0 Å². The maximum absolute atomic E-state index is 12.6. The highest BCUT2D eigenvalue weighted by Gasteiger charge is 2.25. The van der Waals surface area contributed by atoms with Gasteiger partial charge in [0.25, 0.3) is 5.91 Å². The van der Waals surface area contributed by atoms with E-state index >= 15 is 0 Å². The van der Waals surface area contributed by atoms with Crippen molar-refractivity contribution in [3.05, 3.63) is 29.6 Å². The molecule has 2 heterocycles. The number of rotatable bonds is 2. The summed E-state index contributed by atoms with van der Waals surface area (Å²) < 4.78 is 5.57. The van der Waals surface area contributed by atoms with Crippen LogP contribution in [0.3, 0.4) is 0 Å². The van der Waals surface area contributed by atoms with Crippen molar-refractivity contribution in [2.75, 3.05) is 26.3 Å². The van der Waals surface area contributed by atoms with Gasteiger partial charge >= 0.3 is 0 Å². The molecule has 1 amide bonds. The fourth-order valence-corrected chi connectivity index (χ4v) is 2.14. The van der Waals surface area contributed by atoms with E-state index in [2.05, 4.69) is 16.8 Å². The summed E-state index contributed by atoms with van der Waals surface area (Å²) >= 11 is 0. The molecule has 2 rings (SSSR count). The SMILES string of the molecule is CCC1CN(C(=O)c2ccncc2C#CCO)CCO1. The minimum Gasteiger partial charge on any atom is -0.384 e. The van der Waals surface area contributed by atoms with Crippen LogP contribution in [0, 0.1) is 11.8 Å². The predicted octanol–water partition coefficient (Wildman–Crippen LogP) is 0.676. The van der Waals surface area contributed by atoms with E-state index in [1.807, 2.05) is 6.92 Å². The van der Waals surface area contributed by atoms with Gasteiger partial charge in [-0.2, -0.15) is 0 Å². The van der Waals surface area contributed by atoms with Crippen LogP contribution < -0.4 is 0 Å². The molecule has 5 nitrogen and oxygen atoms in total. The third kappa shape index (κ3) is 3.35. The van der Waals surface area contributed by atoms with E-state index in [0.717, 1.165) is 6.42 Å². The van der Waals surface area contributed by atoms with Crippen LogP contribution in [-0.2, 0) is 4.74 Å². The minimum absolute atomic E-state index is 0.0589. The summed E-state index contributed by atoms with van der Waals surface area (Å²) in [5, 5.41) is 8.77. The van der Waals surface area contributed by atoms with Crippen molar-refractivity contribution >= 4 is 5.91 Å². The highest BCUT2D eigenvalue weighted by molar-refractivity contribution is 5.96. The summed E-state index contributed by atoms with van der Waals surface area (Å²) in [6, 6.07) is 1.67. The zero-order valence-electron chi connectivity index (χ0n) is 11.5. The number of hydrogen-bond acceptors (Lipinski definition) is 4. The standard InChI is InChI=1S/C15H18N2O3/c1-2-13-11-17(7-9-20-13)15(19)14-5-6-16-10-12(14)4-3-8-18/h5-6,10,13,18H,2,7-9,11H2,1H3. The molecule has 20 heavy (non-hydrogen) atoms. The molecule has 1 fully saturated rings. The quantitative estimate of drug-likeness (QED) is 0.805. The van der Waals surface area contributed by atoms with E-state index in [4.69, 9.17) is 9.84 Å². The number of carbonyl (C=O) groups excluding carboxylic acids is 1. The number of carbonyl (C=O) groups is 1. The number of hydrogen-bond donors (Lipinski definition) is 1. The average molecular weight is 274 g/mol. The monoisotopic (exact) mass is 274 g/mol. The highest BCUT2D eigenvalue weighted by Crippen LogP contribution is 2.14. The maximum Gasteiger partial charge on any atom is 0.255 e. The van der Waals surface area contributed by atoms with E-state index in [1.54, 1.807) is 23.4 Å². The predicted molar refractivity (Wildman–Crippen MR) is 74.1 cm³/mol. The lowest BCUT2D eigenvalue weighted by atomic mass is 10.1. The van der Waals surface area contributed by atoms with Crippen LogP contribution in [0.2, 0.25) is 0 Å². The van der Waals surface area contributed by atoms with E-state index in [0.29, 0.717) is 30.8 Å². The van der Waals surface area contributed by atoms with E-state index in [9.17, 15) is 4.79 Å². The fraction of sp³-hybridized carbons (Fsp3) is 0.467. The first-order valence-electron chi connectivity index (χ1n) is 6.71. The molecule has 1 saturated heterocycles. The largest absolute Gasteiger partial charge is 0.384 e. The molecule has 1 aromatic rings. The zero-order chi connectivity index (χ0) is 14.4. The van der Waals surface area contributed by atoms with Crippen LogP contribution in [0.25, 0.3) is 0 Å². The van der Waals surface area contributed by atoms with Crippen molar-refractivity contribution in [1.29, 1.82) is 0 Å². The summed E-state index contributed by atoms with van der Waals surface area (Å²) in [7, 11) is 0. The maximum atomic E-state index is 12.6. The number of aliphatic hydroxyl groups excluding tert-OH is 1. The lowest BCUT2D eigenvalue weighted by molar-refractivity contribution is -0.0226. The van der Waals surface area contributed by atoms with Gasteiger partial charge in [-0.15, -0.1) is 0 Å². The number of aliphatic hydroxyl groups is 1. The lowest BCUT2D eigenvalue weighted by Crippen LogP contribution is -2.45. The first-order valence-corrected chi connectivity index (χ1v) is 6.71. The van der Waals surface area contributed by atoms with Gasteiger partial charge in [0.05, 0.1) is 23.8 Å². The molecule has 0 aromatic carbocycles. The van der Waals surface area contributed by atoms with Gasteiger partial charge in [0.15, 0.2) is 0 Å². The third-order valence-electron chi connectivity index (χ3n) is 3.23. The first-order chi connectivity index (χ1) is 9.76. The van der Waals surface area contributed by atoms with Crippen LogP contribution in [0.1, 0.15) is 29.3 Å². The van der Waals surface area contributed by atoms with Crippen LogP contribution in [-0.4, -0.2) is 53.3 Å². The Balaban J connectivity index is 2.20. The van der Waals surface area contributed by atoms with E-state index in [-0.39, 0.29) is 18.6 Å². The van der Waals surface area contributed by atoms with Gasteiger partial charge in [0.2, 0.25) is 0 Å². The molecule has 106 valence electrons. The van der Waals surface area contributed by atoms with Crippen molar-refractivity contribution in [3.63, 3.8) is 0 Å². The molecule has 0 radical (unpaired) electrons. The molecule has 0 aliphatic carbocycles. The molecule has 0 saturated carbocycles. The molecular weight excluding hydrogens is 256 g/mol. The van der Waals surface area contributed by atoms with Gasteiger partial charge in [0.1, 0.15) is 6.61 Å². The normalized spacial score (nSPS) is 18.3. The van der Waals surface area contributed by atoms with Gasteiger partial charge in [-0.25, -0.2) is 0 Å². The number of pyridine rings is 1. The minimum atomic E-state index is -0.238. The van der Waals surface area contributed by atoms with Gasteiger partial charge in [-0.3, -0.25) is 9.78 Å². The summed E-state index contributed by atoms with van der Waals surface area (Å²) in [6.07, 6.45) is 4.11. The average Bonchev–Trinajstić information content (AvgIpc) is 2.52. The summed E-state index contributed by atoms with van der Waals surface area (Å²) in [6.45, 7) is 3.56. The zero-order valence-corrected chi connectivity index (χ0v) is 11.5. The van der Waals surface area contributed by atoms with Crippen molar-refractivity contribution < 1.29 is 14.6 Å². The molecule has 1 aromatic heterocycles. The highest BCUT2D eigenvalue weighted by atomic mass is 16.5. The second-order valence-corrected chi connectivity index (χ2v) is 4.53. The second-order valence-electron chi connectivity index (χ2n) is 4.53. The van der Waals surface area contributed by atoms with E-state index in [1.165, 1.54) is 0 Å². The number of aromatic nitrogens is 1. The molecule has 0 bridgehead atoms. The fourth-order valence-electron chi connectivity index (χ4n) is 2.14. The van der Waals surface area contributed by atoms with Crippen LogP contribution >= 0.6 is 0 Å². The Kier molecular flexibility index (Phi) is 5.10. The first kappa shape index (κ1) is 14.5. The molecule has 0 spiro atoms. The lowest BCUT2D eigenvalue weighted by Gasteiger charge is -2.32. The van der Waals surface area contributed by atoms with Crippen LogP contribution in [0.4, 0.5) is 0 Å². The Morgan fingerprint density at radius 2 is 2.50 bits per heavy atom. The van der Waals surface area contributed by atoms with Crippen LogP contribution in [0.15, 0.2) is 18.5 Å². The molecule has 1 unspecified atom stereocenters.